The molecule has 0 heterocycles. The maximum Gasteiger partial charge on any atom is 0.321 e. The Morgan fingerprint density at radius 1 is 1.27 bits per heavy atom. The van der Waals surface area contributed by atoms with Crippen LogP contribution in [0.4, 0.5) is 4.79 Å². The van der Waals surface area contributed by atoms with Gasteiger partial charge in [-0.1, -0.05) is 26.0 Å². The van der Waals surface area contributed by atoms with Crippen LogP contribution in [0.25, 0.3) is 0 Å². The van der Waals surface area contributed by atoms with Crippen molar-refractivity contribution in [2.24, 2.45) is 0 Å². The molecule has 3 amide bonds. The predicted octanol–water partition coefficient (Wildman–Crippen LogP) is 1.97. The first-order valence-corrected chi connectivity index (χ1v) is 7.24. The van der Waals surface area contributed by atoms with Crippen molar-refractivity contribution in [3.05, 3.63) is 29.3 Å². The van der Waals surface area contributed by atoms with Crippen molar-refractivity contribution in [1.29, 1.82) is 0 Å². The van der Waals surface area contributed by atoms with Gasteiger partial charge in [0.05, 0.1) is 6.61 Å². The zero-order valence-electron chi connectivity index (χ0n) is 13.6. The molecule has 0 spiro atoms. The Balaban J connectivity index is 2.47. The van der Waals surface area contributed by atoms with Gasteiger partial charge in [-0.25, -0.2) is 4.79 Å². The second-order valence-corrected chi connectivity index (χ2v) is 5.27. The highest BCUT2D eigenvalue weighted by molar-refractivity contribution is 5.94. The fraction of sp³-hybridized carbons (Fsp3) is 0.500. The number of nitrogens with one attached hydrogen (secondary N) is 2. The summed E-state index contributed by atoms with van der Waals surface area (Å²) in [6, 6.07) is 5.36. The fourth-order valence-corrected chi connectivity index (χ4v) is 1.75. The number of methoxy groups -OCH3 is 1. The molecule has 0 atom stereocenters. The van der Waals surface area contributed by atoms with Gasteiger partial charge >= 0.3 is 6.03 Å². The van der Waals surface area contributed by atoms with E-state index >= 15 is 0 Å². The third kappa shape index (κ3) is 6.13. The number of benzene rings is 1. The van der Waals surface area contributed by atoms with Crippen molar-refractivity contribution in [2.45, 2.75) is 26.7 Å². The molecule has 1 aromatic carbocycles. The lowest BCUT2D eigenvalue weighted by atomic mass is 10.0. The summed E-state index contributed by atoms with van der Waals surface area (Å²) in [6.45, 7) is 6.61. The standard InChI is InChI=1S/C16H24N2O4/c1-11(2)13-6-5-12(3)14(9-13)22-10-15(19)18-16(20)17-7-8-21-4/h5-6,9,11H,7-8,10H2,1-4H3,(H2,17,18,19,20). The molecule has 0 aromatic heterocycles. The number of hydrogen-bond donors (Lipinski definition) is 2. The van der Waals surface area contributed by atoms with Crippen LogP contribution >= 0.6 is 0 Å². The van der Waals surface area contributed by atoms with Gasteiger partial charge < -0.3 is 14.8 Å². The van der Waals surface area contributed by atoms with Crippen molar-refractivity contribution in [3.8, 4) is 5.75 Å². The van der Waals surface area contributed by atoms with Gasteiger partial charge in [0.25, 0.3) is 5.91 Å². The molecule has 0 aliphatic rings. The van der Waals surface area contributed by atoms with Gasteiger partial charge in [0.1, 0.15) is 5.75 Å². The number of urea groups is 1. The molecule has 0 aliphatic heterocycles. The number of imide groups is 1. The highest BCUT2D eigenvalue weighted by Gasteiger charge is 2.10. The van der Waals surface area contributed by atoms with Crippen LogP contribution in [-0.4, -0.2) is 38.8 Å². The zero-order valence-corrected chi connectivity index (χ0v) is 13.6. The summed E-state index contributed by atoms with van der Waals surface area (Å²) in [5.74, 6) is 0.536. The minimum absolute atomic E-state index is 0.208. The maximum absolute atomic E-state index is 11.7. The number of carbonyl (C=O) groups is 2. The van der Waals surface area contributed by atoms with Gasteiger partial charge in [-0.15, -0.1) is 0 Å². The molecule has 1 rings (SSSR count). The van der Waals surface area contributed by atoms with E-state index in [9.17, 15) is 9.59 Å². The molecule has 22 heavy (non-hydrogen) atoms. The van der Waals surface area contributed by atoms with Crippen molar-refractivity contribution >= 4 is 11.9 Å². The molecule has 0 unspecified atom stereocenters. The first-order valence-electron chi connectivity index (χ1n) is 7.24. The molecule has 6 nitrogen and oxygen atoms in total. The van der Waals surface area contributed by atoms with Gasteiger partial charge in [0.15, 0.2) is 6.61 Å². The van der Waals surface area contributed by atoms with Crippen LogP contribution in [0.15, 0.2) is 18.2 Å². The Morgan fingerprint density at radius 3 is 2.64 bits per heavy atom. The zero-order chi connectivity index (χ0) is 16.5. The van der Waals surface area contributed by atoms with Gasteiger partial charge in [-0.3, -0.25) is 10.1 Å². The largest absolute Gasteiger partial charge is 0.483 e. The molecular formula is C16H24N2O4. The minimum Gasteiger partial charge on any atom is -0.483 e. The van der Waals surface area contributed by atoms with E-state index in [1.165, 1.54) is 7.11 Å². The molecule has 0 aliphatic carbocycles. The van der Waals surface area contributed by atoms with Crippen molar-refractivity contribution in [2.75, 3.05) is 26.9 Å². The van der Waals surface area contributed by atoms with Crippen LogP contribution in [0.3, 0.4) is 0 Å². The van der Waals surface area contributed by atoms with E-state index < -0.39 is 11.9 Å². The molecule has 0 saturated carbocycles. The van der Waals surface area contributed by atoms with Gasteiger partial charge in [0, 0.05) is 13.7 Å². The summed E-state index contributed by atoms with van der Waals surface area (Å²) >= 11 is 0. The Morgan fingerprint density at radius 2 is 2.00 bits per heavy atom. The summed E-state index contributed by atoms with van der Waals surface area (Å²) in [5.41, 5.74) is 2.08. The average molecular weight is 308 g/mol. The van der Waals surface area contributed by atoms with E-state index in [2.05, 4.69) is 24.5 Å². The van der Waals surface area contributed by atoms with Crippen LogP contribution in [0.2, 0.25) is 0 Å². The summed E-state index contributed by atoms with van der Waals surface area (Å²) in [7, 11) is 1.53. The van der Waals surface area contributed by atoms with E-state index in [4.69, 9.17) is 9.47 Å². The van der Waals surface area contributed by atoms with E-state index in [1.807, 2.05) is 25.1 Å². The third-order valence-corrected chi connectivity index (χ3v) is 3.08. The van der Waals surface area contributed by atoms with E-state index in [0.717, 1.165) is 11.1 Å². The van der Waals surface area contributed by atoms with Crippen LogP contribution in [-0.2, 0) is 9.53 Å². The Bertz CT molecular complexity index is 515. The number of ether oxygens (including phenoxy) is 2. The molecule has 2 N–H and O–H groups in total. The number of amides is 3. The smallest absolute Gasteiger partial charge is 0.321 e. The predicted molar refractivity (Wildman–Crippen MR) is 84.2 cm³/mol. The van der Waals surface area contributed by atoms with Gasteiger partial charge in [-0.2, -0.15) is 0 Å². The van der Waals surface area contributed by atoms with Crippen LogP contribution < -0.4 is 15.4 Å². The quantitative estimate of drug-likeness (QED) is 0.755. The summed E-state index contributed by atoms with van der Waals surface area (Å²) < 4.78 is 10.3. The molecule has 0 bridgehead atoms. The van der Waals surface area contributed by atoms with Crippen molar-refractivity contribution in [1.82, 2.24) is 10.6 Å². The summed E-state index contributed by atoms with van der Waals surface area (Å²) in [4.78, 5) is 23.1. The van der Waals surface area contributed by atoms with Crippen molar-refractivity contribution in [3.63, 3.8) is 0 Å². The van der Waals surface area contributed by atoms with Gasteiger partial charge in [-0.05, 0) is 30.0 Å². The number of hydrogen-bond acceptors (Lipinski definition) is 4. The molecule has 122 valence electrons. The third-order valence-electron chi connectivity index (χ3n) is 3.08. The topological polar surface area (TPSA) is 76.7 Å². The van der Waals surface area contributed by atoms with E-state index in [1.54, 1.807) is 0 Å². The monoisotopic (exact) mass is 308 g/mol. The Hall–Kier alpha value is -2.08. The Labute approximate surface area is 131 Å². The summed E-state index contributed by atoms with van der Waals surface area (Å²) in [5, 5.41) is 4.69. The minimum atomic E-state index is -0.557. The maximum atomic E-state index is 11.7. The van der Waals surface area contributed by atoms with Gasteiger partial charge in [0.2, 0.25) is 0 Å². The van der Waals surface area contributed by atoms with Crippen LogP contribution in [0.1, 0.15) is 30.9 Å². The molecule has 0 fully saturated rings. The lowest BCUT2D eigenvalue weighted by Crippen LogP contribution is -2.42. The number of rotatable bonds is 7. The highest BCUT2D eigenvalue weighted by Crippen LogP contribution is 2.24. The Kier molecular flexibility index (Phi) is 7.39. The molecule has 1 aromatic rings. The number of aryl methyl sites for hydroxylation is 1. The van der Waals surface area contributed by atoms with Crippen LogP contribution in [0, 0.1) is 6.92 Å². The fourth-order valence-electron chi connectivity index (χ4n) is 1.75. The molecule has 6 heteroatoms. The average Bonchev–Trinajstić information content (AvgIpc) is 2.46. The lowest BCUT2D eigenvalue weighted by molar-refractivity contribution is -0.122. The highest BCUT2D eigenvalue weighted by atomic mass is 16.5. The van der Waals surface area contributed by atoms with E-state index in [-0.39, 0.29) is 6.61 Å². The SMILES string of the molecule is COCCNC(=O)NC(=O)COc1cc(C(C)C)ccc1C. The second kappa shape index (κ2) is 9.04. The van der Waals surface area contributed by atoms with Crippen molar-refractivity contribution < 1.29 is 19.1 Å². The number of carbonyl (C=O) groups excluding carboxylic acids is 2. The molecule has 0 radical (unpaired) electrons. The normalized spacial score (nSPS) is 10.4. The molecular weight excluding hydrogens is 284 g/mol. The lowest BCUT2D eigenvalue weighted by Gasteiger charge is -2.12. The first kappa shape index (κ1) is 18.0. The first-order chi connectivity index (χ1) is 10.4. The van der Waals surface area contributed by atoms with E-state index in [0.29, 0.717) is 24.8 Å². The summed E-state index contributed by atoms with van der Waals surface area (Å²) in [6.07, 6.45) is 0. The van der Waals surface area contributed by atoms with Crippen LogP contribution in [0.5, 0.6) is 5.75 Å². The second-order valence-electron chi connectivity index (χ2n) is 5.27. The molecule has 0 saturated heterocycles.